The Kier molecular flexibility index (Phi) is 4.20. The smallest absolute Gasteiger partial charge is 0.238 e. The molecule has 2 aliphatic heterocycles. The molecule has 5 nitrogen and oxygen atoms in total. The van der Waals surface area contributed by atoms with Gasteiger partial charge < -0.3 is 9.74 Å². The van der Waals surface area contributed by atoms with E-state index >= 15 is 0 Å². The number of Topliss-reactive ketones (excluding diaryl/α,β-unsaturated/α-hetero) is 1. The van der Waals surface area contributed by atoms with E-state index in [9.17, 15) is 9.59 Å². The van der Waals surface area contributed by atoms with E-state index in [0.29, 0.717) is 25.9 Å². The third-order valence-electron chi connectivity index (χ3n) is 6.41. The summed E-state index contributed by atoms with van der Waals surface area (Å²) in [5.41, 5.74) is 3.57. The summed E-state index contributed by atoms with van der Waals surface area (Å²) in [5, 5.41) is 1.89. The first-order valence-electron chi connectivity index (χ1n) is 9.63. The van der Waals surface area contributed by atoms with Gasteiger partial charge in [0, 0.05) is 19.1 Å². The zero-order chi connectivity index (χ0) is 18.6. The lowest BCUT2D eigenvalue weighted by Crippen LogP contribution is -2.57. The van der Waals surface area contributed by atoms with Crippen LogP contribution in [0.4, 0.5) is 0 Å². The summed E-state index contributed by atoms with van der Waals surface area (Å²) in [6.07, 6.45) is 3.38. The number of piperidine rings is 1. The van der Waals surface area contributed by atoms with E-state index in [1.165, 1.54) is 5.56 Å². The Morgan fingerprint density at radius 3 is 2.12 bits per heavy atom. The number of nitrogens with zero attached hydrogens (tertiary/aromatic N) is 2. The fourth-order valence-electron chi connectivity index (χ4n) is 5.14. The number of likely N-dealkylation sites (tertiary alicyclic amines) is 1. The third kappa shape index (κ3) is 2.52. The Bertz CT molecular complexity index is 738. The molecular formula is C21H28N2O3. The maximum Gasteiger partial charge on any atom is 0.238 e. The minimum absolute atomic E-state index is 0.0263. The van der Waals surface area contributed by atoms with Gasteiger partial charge in [-0.15, -0.1) is 0 Å². The molecule has 3 aliphatic rings. The molecule has 1 unspecified atom stereocenters. The van der Waals surface area contributed by atoms with Crippen molar-refractivity contribution in [3.05, 3.63) is 34.4 Å². The number of aryl methyl sites for hydroxylation is 3. The van der Waals surface area contributed by atoms with Crippen LogP contribution in [0, 0.1) is 20.8 Å². The predicted octanol–water partition coefficient (Wildman–Crippen LogP) is 2.67. The molecule has 5 heteroatoms. The van der Waals surface area contributed by atoms with Crippen LogP contribution in [-0.2, 0) is 14.4 Å². The van der Waals surface area contributed by atoms with Crippen LogP contribution < -0.4 is 0 Å². The van der Waals surface area contributed by atoms with E-state index < -0.39 is 11.5 Å². The van der Waals surface area contributed by atoms with Crippen LogP contribution in [-0.4, -0.2) is 53.4 Å². The number of carbonyl (C=O) groups is 2. The molecule has 1 aromatic rings. The first-order chi connectivity index (χ1) is 12.4. The number of hydrogen-bond acceptors (Lipinski definition) is 4. The second-order valence-electron chi connectivity index (χ2n) is 8.19. The maximum atomic E-state index is 13.7. The van der Waals surface area contributed by atoms with Gasteiger partial charge in [0.15, 0.2) is 5.78 Å². The molecule has 1 saturated carbocycles. The molecule has 1 atom stereocenters. The number of benzene rings is 1. The van der Waals surface area contributed by atoms with Gasteiger partial charge in [-0.2, -0.15) is 5.06 Å². The lowest BCUT2D eigenvalue weighted by atomic mass is 9.78. The molecular weight excluding hydrogens is 328 g/mol. The summed E-state index contributed by atoms with van der Waals surface area (Å²) < 4.78 is 0. The van der Waals surface area contributed by atoms with Crippen molar-refractivity contribution in [2.75, 3.05) is 20.2 Å². The Hall–Kier alpha value is -1.72. The van der Waals surface area contributed by atoms with E-state index in [4.69, 9.17) is 4.84 Å². The summed E-state index contributed by atoms with van der Waals surface area (Å²) in [5.74, 6) is -0.496. The van der Waals surface area contributed by atoms with Crippen LogP contribution in [0.25, 0.3) is 0 Å². The molecule has 2 heterocycles. The van der Waals surface area contributed by atoms with Crippen molar-refractivity contribution in [3.8, 4) is 0 Å². The molecule has 3 fully saturated rings. The third-order valence-corrected chi connectivity index (χ3v) is 6.41. The fourth-order valence-corrected chi connectivity index (χ4v) is 5.14. The number of hydroxylamine groups is 2. The van der Waals surface area contributed by atoms with Crippen LogP contribution in [0.5, 0.6) is 0 Å². The van der Waals surface area contributed by atoms with Crippen molar-refractivity contribution in [1.82, 2.24) is 9.96 Å². The molecule has 140 valence electrons. The zero-order valence-corrected chi connectivity index (χ0v) is 16.2. The van der Waals surface area contributed by atoms with Crippen LogP contribution in [0.2, 0.25) is 0 Å². The standard InChI is InChI=1S/C21H28N2O3/c1-13-11-14(2)17(15(3)12-13)18-19(24)21(7-9-22(26-4)10-8-21)23(20(18)25)16-5-6-16/h11-12,16,18H,5-10H2,1-4H3. The number of rotatable bonds is 3. The molecule has 1 spiro atoms. The lowest BCUT2D eigenvalue weighted by Gasteiger charge is -2.42. The second kappa shape index (κ2) is 6.17. The van der Waals surface area contributed by atoms with Crippen molar-refractivity contribution in [2.24, 2.45) is 0 Å². The van der Waals surface area contributed by atoms with Gasteiger partial charge in [-0.25, -0.2) is 0 Å². The maximum absolute atomic E-state index is 13.7. The molecule has 0 aromatic heterocycles. The average molecular weight is 356 g/mol. The van der Waals surface area contributed by atoms with Gasteiger partial charge in [0.25, 0.3) is 0 Å². The summed E-state index contributed by atoms with van der Waals surface area (Å²) in [6, 6.07) is 4.42. The SMILES string of the molecule is CON1CCC2(CC1)C(=O)C(c1c(C)cc(C)cc1C)C(=O)N2C1CC1. The monoisotopic (exact) mass is 356 g/mol. The summed E-state index contributed by atoms with van der Waals surface area (Å²) >= 11 is 0. The summed E-state index contributed by atoms with van der Waals surface area (Å²) in [6.45, 7) is 7.49. The molecule has 1 aliphatic carbocycles. The van der Waals surface area contributed by atoms with Crippen molar-refractivity contribution in [1.29, 1.82) is 0 Å². The number of ketones is 1. The predicted molar refractivity (Wildman–Crippen MR) is 98.8 cm³/mol. The van der Waals surface area contributed by atoms with E-state index in [1.807, 2.05) is 23.8 Å². The van der Waals surface area contributed by atoms with Crippen LogP contribution in [0.1, 0.15) is 53.9 Å². The fraction of sp³-hybridized carbons (Fsp3) is 0.619. The number of amides is 1. The lowest BCUT2D eigenvalue weighted by molar-refractivity contribution is -0.168. The normalized spacial score (nSPS) is 26.2. The van der Waals surface area contributed by atoms with Gasteiger partial charge in [-0.3, -0.25) is 9.59 Å². The van der Waals surface area contributed by atoms with Crippen molar-refractivity contribution in [3.63, 3.8) is 0 Å². The molecule has 26 heavy (non-hydrogen) atoms. The highest BCUT2D eigenvalue weighted by Gasteiger charge is 2.62. The van der Waals surface area contributed by atoms with Crippen LogP contribution in [0.15, 0.2) is 12.1 Å². The largest absolute Gasteiger partial charge is 0.326 e. The molecule has 1 aromatic carbocycles. The van der Waals surface area contributed by atoms with Gasteiger partial charge in [-0.05, 0) is 63.1 Å². The molecule has 4 rings (SSSR count). The van der Waals surface area contributed by atoms with E-state index in [0.717, 1.165) is 29.5 Å². The van der Waals surface area contributed by atoms with Gasteiger partial charge >= 0.3 is 0 Å². The second-order valence-corrected chi connectivity index (χ2v) is 8.19. The van der Waals surface area contributed by atoms with Crippen molar-refractivity contribution in [2.45, 2.75) is 64.0 Å². The number of hydrogen-bond donors (Lipinski definition) is 0. The van der Waals surface area contributed by atoms with Gasteiger partial charge in [0.2, 0.25) is 5.91 Å². The highest BCUT2D eigenvalue weighted by molar-refractivity contribution is 6.17. The minimum Gasteiger partial charge on any atom is -0.326 e. The Morgan fingerprint density at radius 1 is 1.04 bits per heavy atom. The molecule has 1 amide bonds. The quantitative estimate of drug-likeness (QED) is 0.782. The first-order valence-corrected chi connectivity index (χ1v) is 9.63. The first kappa shape index (κ1) is 17.7. The van der Waals surface area contributed by atoms with Gasteiger partial charge in [-0.1, -0.05) is 17.7 Å². The summed E-state index contributed by atoms with van der Waals surface area (Å²) in [4.78, 5) is 34.5. The summed E-state index contributed by atoms with van der Waals surface area (Å²) in [7, 11) is 1.67. The topological polar surface area (TPSA) is 49.9 Å². The van der Waals surface area contributed by atoms with E-state index in [1.54, 1.807) is 7.11 Å². The molecule has 2 saturated heterocycles. The highest BCUT2D eigenvalue weighted by atomic mass is 16.7. The molecule has 0 radical (unpaired) electrons. The zero-order valence-electron chi connectivity index (χ0n) is 16.2. The van der Waals surface area contributed by atoms with Crippen LogP contribution >= 0.6 is 0 Å². The van der Waals surface area contributed by atoms with E-state index in [2.05, 4.69) is 19.1 Å². The van der Waals surface area contributed by atoms with E-state index in [-0.39, 0.29) is 17.7 Å². The van der Waals surface area contributed by atoms with Gasteiger partial charge in [0.1, 0.15) is 11.5 Å². The highest BCUT2D eigenvalue weighted by Crippen LogP contribution is 2.49. The Labute approximate surface area is 155 Å². The molecule has 0 bridgehead atoms. The van der Waals surface area contributed by atoms with Crippen molar-refractivity contribution >= 4 is 11.7 Å². The Balaban J connectivity index is 1.77. The average Bonchev–Trinajstić information content (AvgIpc) is 3.39. The Morgan fingerprint density at radius 2 is 1.62 bits per heavy atom. The van der Waals surface area contributed by atoms with Gasteiger partial charge in [0.05, 0.1) is 7.11 Å². The minimum atomic E-state index is -0.637. The number of carbonyl (C=O) groups excluding carboxylic acids is 2. The van der Waals surface area contributed by atoms with Crippen molar-refractivity contribution < 1.29 is 14.4 Å². The molecule has 0 N–H and O–H groups in total. The van der Waals surface area contributed by atoms with Crippen LogP contribution in [0.3, 0.4) is 0 Å².